The van der Waals surface area contributed by atoms with Crippen molar-refractivity contribution < 1.29 is 4.79 Å². The second-order valence-corrected chi connectivity index (χ2v) is 6.35. The maximum absolute atomic E-state index is 11.8. The first-order valence-electron chi connectivity index (χ1n) is 6.10. The zero-order valence-corrected chi connectivity index (χ0v) is 12.3. The van der Waals surface area contributed by atoms with Gasteiger partial charge in [0, 0.05) is 12.2 Å². The van der Waals surface area contributed by atoms with E-state index in [1.54, 1.807) is 11.8 Å². The summed E-state index contributed by atoms with van der Waals surface area (Å²) in [6, 6.07) is 0. The molecule has 1 amide bonds. The molecule has 1 aliphatic carbocycles. The van der Waals surface area contributed by atoms with Crippen molar-refractivity contribution in [1.82, 2.24) is 5.32 Å². The summed E-state index contributed by atoms with van der Waals surface area (Å²) in [6.07, 6.45) is 6.48. The van der Waals surface area contributed by atoms with Gasteiger partial charge in [-0.2, -0.15) is 11.8 Å². The summed E-state index contributed by atoms with van der Waals surface area (Å²) >= 11 is 6.83. The Morgan fingerprint density at radius 1 is 1.53 bits per heavy atom. The highest BCUT2D eigenvalue weighted by Gasteiger charge is 2.37. The van der Waals surface area contributed by atoms with E-state index in [0.29, 0.717) is 17.3 Å². The lowest BCUT2D eigenvalue weighted by atomic mass is 9.77. The van der Waals surface area contributed by atoms with E-state index in [9.17, 15) is 4.79 Å². The number of hydrogen-bond donors (Lipinski definition) is 2. The van der Waals surface area contributed by atoms with Gasteiger partial charge in [-0.3, -0.25) is 4.79 Å². The first-order chi connectivity index (χ1) is 8.00. The molecule has 0 aromatic heterocycles. The van der Waals surface area contributed by atoms with Crippen LogP contribution in [0, 0.1) is 5.92 Å². The second-order valence-electron chi connectivity index (χ2n) is 4.92. The lowest BCUT2D eigenvalue weighted by molar-refractivity contribution is -0.122. The van der Waals surface area contributed by atoms with Crippen molar-refractivity contribution in [3.8, 4) is 0 Å². The van der Waals surface area contributed by atoms with Gasteiger partial charge in [0.15, 0.2) is 0 Å². The fraction of sp³-hybridized carbons (Fsp3) is 0.833. The number of hydrogen-bond acceptors (Lipinski definition) is 3. The van der Waals surface area contributed by atoms with Crippen molar-refractivity contribution in [2.45, 2.75) is 44.6 Å². The van der Waals surface area contributed by atoms with Gasteiger partial charge in [0.25, 0.3) is 0 Å². The summed E-state index contributed by atoms with van der Waals surface area (Å²) in [5.74, 6) is 1.62. The molecule has 3 nitrogen and oxygen atoms in total. The summed E-state index contributed by atoms with van der Waals surface area (Å²) in [4.78, 5) is 12.3. The van der Waals surface area contributed by atoms with E-state index in [4.69, 9.17) is 18.0 Å². The third-order valence-electron chi connectivity index (χ3n) is 3.51. The number of amides is 1. The van der Waals surface area contributed by atoms with Gasteiger partial charge in [-0.15, -0.1) is 0 Å². The number of carbonyl (C=O) groups excluding carboxylic acids is 1. The van der Waals surface area contributed by atoms with E-state index in [0.717, 1.165) is 31.4 Å². The number of thioether (sulfide) groups is 1. The van der Waals surface area contributed by atoms with Crippen molar-refractivity contribution in [2.24, 2.45) is 11.7 Å². The minimum atomic E-state index is -0.419. The molecule has 1 fully saturated rings. The highest BCUT2D eigenvalue weighted by Crippen LogP contribution is 2.32. The molecular formula is C12H22N2OS2. The number of rotatable bonds is 5. The van der Waals surface area contributed by atoms with Crippen LogP contribution in [-0.2, 0) is 4.79 Å². The lowest BCUT2D eigenvalue weighted by Crippen LogP contribution is -2.58. The summed E-state index contributed by atoms with van der Waals surface area (Å²) in [7, 11) is 0. The van der Waals surface area contributed by atoms with Crippen LogP contribution in [-0.4, -0.2) is 28.4 Å². The molecule has 5 heteroatoms. The molecule has 98 valence electrons. The normalized spacial score (nSPS) is 28.7. The van der Waals surface area contributed by atoms with Crippen LogP contribution in [0.15, 0.2) is 0 Å². The molecular weight excluding hydrogens is 252 g/mol. The van der Waals surface area contributed by atoms with Gasteiger partial charge >= 0.3 is 0 Å². The van der Waals surface area contributed by atoms with Gasteiger partial charge in [0.05, 0.1) is 10.5 Å². The molecule has 0 radical (unpaired) electrons. The molecule has 3 N–H and O–H groups in total. The molecule has 1 aliphatic rings. The Kier molecular flexibility index (Phi) is 5.73. The van der Waals surface area contributed by atoms with Crippen LogP contribution >= 0.6 is 24.0 Å². The molecule has 0 aliphatic heterocycles. The molecule has 0 bridgehead atoms. The quantitative estimate of drug-likeness (QED) is 0.754. The Bertz CT molecular complexity index is 286. The van der Waals surface area contributed by atoms with Gasteiger partial charge in [0.1, 0.15) is 0 Å². The number of nitrogens with one attached hydrogen (secondary N) is 1. The summed E-state index contributed by atoms with van der Waals surface area (Å²) in [6.45, 7) is 2.24. The largest absolute Gasteiger partial charge is 0.391 e. The Balaban J connectivity index is 2.60. The van der Waals surface area contributed by atoms with E-state index in [-0.39, 0.29) is 5.91 Å². The van der Waals surface area contributed by atoms with Crippen LogP contribution in [0.5, 0.6) is 0 Å². The Labute approximate surface area is 113 Å². The predicted octanol–water partition coefficient (Wildman–Crippen LogP) is 2.09. The monoisotopic (exact) mass is 274 g/mol. The first-order valence-corrected chi connectivity index (χ1v) is 7.90. The maximum Gasteiger partial charge on any atom is 0.221 e. The third-order valence-corrected chi connectivity index (χ3v) is 4.51. The summed E-state index contributed by atoms with van der Waals surface area (Å²) < 4.78 is 0. The zero-order valence-electron chi connectivity index (χ0n) is 10.6. The Hall–Kier alpha value is -0.290. The predicted molar refractivity (Wildman–Crippen MR) is 78.3 cm³/mol. The first kappa shape index (κ1) is 14.8. The minimum Gasteiger partial charge on any atom is -0.391 e. The smallest absolute Gasteiger partial charge is 0.221 e. The summed E-state index contributed by atoms with van der Waals surface area (Å²) in [5, 5.41) is 3.07. The van der Waals surface area contributed by atoms with E-state index < -0.39 is 5.54 Å². The van der Waals surface area contributed by atoms with Gasteiger partial charge in [-0.1, -0.05) is 19.1 Å². The molecule has 0 aromatic rings. The molecule has 17 heavy (non-hydrogen) atoms. The van der Waals surface area contributed by atoms with E-state index in [1.807, 2.05) is 6.26 Å². The molecule has 0 aromatic carbocycles. The van der Waals surface area contributed by atoms with E-state index in [1.165, 1.54) is 0 Å². The molecule has 0 unspecified atom stereocenters. The zero-order chi connectivity index (χ0) is 12.9. The van der Waals surface area contributed by atoms with Crippen LogP contribution < -0.4 is 11.1 Å². The number of nitrogens with two attached hydrogens (primary N) is 1. The molecule has 0 atom stereocenters. The molecule has 0 saturated heterocycles. The lowest BCUT2D eigenvalue weighted by Gasteiger charge is -2.39. The fourth-order valence-electron chi connectivity index (χ4n) is 2.21. The SMILES string of the molecule is CSCCC(=O)NC1(C(N)=S)CCC(C)CC1. The minimum absolute atomic E-state index is 0.0710. The third kappa shape index (κ3) is 4.14. The fourth-order valence-corrected chi connectivity index (χ4v) is 2.86. The average molecular weight is 274 g/mol. The van der Waals surface area contributed by atoms with Crippen molar-refractivity contribution in [3.63, 3.8) is 0 Å². The van der Waals surface area contributed by atoms with Crippen LogP contribution in [0.4, 0.5) is 0 Å². The molecule has 0 spiro atoms. The Morgan fingerprint density at radius 2 is 2.12 bits per heavy atom. The number of thiocarbonyl (C=S) groups is 1. The van der Waals surface area contributed by atoms with Crippen LogP contribution in [0.3, 0.4) is 0 Å². The van der Waals surface area contributed by atoms with Gasteiger partial charge in [0.2, 0.25) is 5.91 Å². The van der Waals surface area contributed by atoms with Crippen LogP contribution in [0.2, 0.25) is 0 Å². The molecule has 1 saturated carbocycles. The van der Waals surface area contributed by atoms with Gasteiger partial charge in [-0.05, 0) is 37.9 Å². The summed E-state index contributed by atoms with van der Waals surface area (Å²) in [5.41, 5.74) is 5.42. The van der Waals surface area contributed by atoms with Gasteiger partial charge in [-0.25, -0.2) is 0 Å². The highest BCUT2D eigenvalue weighted by atomic mass is 32.2. The average Bonchev–Trinajstić information content (AvgIpc) is 2.29. The van der Waals surface area contributed by atoms with Crippen molar-refractivity contribution >= 4 is 34.9 Å². The second kappa shape index (κ2) is 6.59. The molecule has 0 heterocycles. The van der Waals surface area contributed by atoms with Crippen LogP contribution in [0.25, 0.3) is 0 Å². The van der Waals surface area contributed by atoms with Crippen molar-refractivity contribution in [1.29, 1.82) is 0 Å². The van der Waals surface area contributed by atoms with Crippen LogP contribution in [0.1, 0.15) is 39.0 Å². The highest BCUT2D eigenvalue weighted by molar-refractivity contribution is 7.98. The number of carbonyl (C=O) groups is 1. The topological polar surface area (TPSA) is 55.1 Å². The molecule has 1 rings (SSSR count). The standard InChI is InChI=1S/C12H22N2OS2/c1-9-3-6-12(7-4-9,11(13)16)14-10(15)5-8-17-2/h9H,3-8H2,1-2H3,(H2,13,16)(H,14,15). The van der Waals surface area contributed by atoms with Gasteiger partial charge < -0.3 is 11.1 Å². The maximum atomic E-state index is 11.8. The van der Waals surface area contributed by atoms with Crippen molar-refractivity contribution in [2.75, 3.05) is 12.0 Å². The van der Waals surface area contributed by atoms with E-state index >= 15 is 0 Å². The Morgan fingerprint density at radius 3 is 2.59 bits per heavy atom. The van der Waals surface area contributed by atoms with Crippen molar-refractivity contribution in [3.05, 3.63) is 0 Å². The van der Waals surface area contributed by atoms with E-state index in [2.05, 4.69) is 12.2 Å².